The molecule has 0 spiro atoms. The number of benzene rings is 1. The maximum atomic E-state index is 14.3. The van der Waals surface area contributed by atoms with E-state index in [0.29, 0.717) is 6.07 Å². The zero-order valence-corrected chi connectivity index (χ0v) is 12.9. The van der Waals surface area contributed by atoms with Gasteiger partial charge in [-0.3, -0.25) is 0 Å². The van der Waals surface area contributed by atoms with E-state index < -0.39 is 58.4 Å². The van der Waals surface area contributed by atoms with Crippen LogP contribution in [0, 0.1) is 24.4 Å². The fraction of sp³-hybridized carbons (Fsp3) is 0.200. The molecule has 0 atom stereocenters. The second-order valence-electron chi connectivity index (χ2n) is 4.77. The van der Waals surface area contributed by atoms with Gasteiger partial charge in [0.15, 0.2) is 23.1 Å². The molecule has 1 aromatic heterocycles. The Morgan fingerprint density at radius 1 is 1.16 bits per heavy atom. The molecule has 0 aliphatic heterocycles. The van der Waals surface area contributed by atoms with Crippen molar-refractivity contribution in [3.63, 3.8) is 0 Å². The van der Waals surface area contributed by atoms with Crippen LogP contribution in [0.5, 0.6) is 5.75 Å². The highest BCUT2D eigenvalue weighted by molar-refractivity contribution is 5.91. The molecule has 0 aliphatic carbocycles. The number of rotatable bonds is 4. The number of methoxy groups -OCH3 is 1. The van der Waals surface area contributed by atoms with Crippen LogP contribution in [0.4, 0.5) is 27.6 Å². The molecule has 1 aromatic carbocycles. The number of nitrogens with two attached hydrogens (primary N) is 1. The maximum absolute atomic E-state index is 14.3. The molecule has 2 rings (SSSR count). The Balaban J connectivity index is 2.68. The molecule has 0 bridgehead atoms. The van der Waals surface area contributed by atoms with E-state index in [1.807, 2.05) is 0 Å². The lowest BCUT2D eigenvalue weighted by Crippen LogP contribution is -2.13. The maximum Gasteiger partial charge on any atom is 0.387 e. The quantitative estimate of drug-likeness (QED) is 0.666. The van der Waals surface area contributed by atoms with Gasteiger partial charge in [-0.1, -0.05) is 0 Å². The van der Waals surface area contributed by atoms with Crippen LogP contribution in [-0.2, 0) is 4.74 Å². The normalized spacial score (nSPS) is 10.9. The van der Waals surface area contributed by atoms with Crippen LogP contribution in [-0.4, -0.2) is 24.7 Å². The third kappa shape index (κ3) is 3.32. The van der Waals surface area contributed by atoms with Gasteiger partial charge in [-0.15, -0.1) is 0 Å². The van der Waals surface area contributed by atoms with E-state index >= 15 is 0 Å². The molecule has 0 unspecified atom stereocenters. The van der Waals surface area contributed by atoms with E-state index in [9.17, 15) is 26.7 Å². The molecule has 2 aromatic rings. The lowest BCUT2D eigenvalue weighted by molar-refractivity contribution is -0.0525. The van der Waals surface area contributed by atoms with Gasteiger partial charge in [-0.25, -0.2) is 18.6 Å². The van der Waals surface area contributed by atoms with Gasteiger partial charge in [0.25, 0.3) is 0 Å². The standard InChI is InChI=1S/C15H11F5N2O3/c1-5-11(21)10(18)13(22-12(5)14(23)24-2)6-3-4-7(25-15(19)20)9(17)8(6)16/h3-4,15H,1-2H3,(H2,21,22). The van der Waals surface area contributed by atoms with Crippen LogP contribution in [0.2, 0.25) is 0 Å². The zero-order chi connectivity index (χ0) is 18.9. The van der Waals surface area contributed by atoms with Crippen LogP contribution in [0.1, 0.15) is 16.1 Å². The highest BCUT2D eigenvalue weighted by atomic mass is 19.3. The number of carbonyl (C=O) groups is 1. The SMILES string of the molecule is COC(=O)c1nc(-c2ccc(OC(F)F)c(F)c2F)c(F)c(N)c1C. The van der Waals surface area contributed by atoms with Gasteiger partial charge in [0.05, 0.1) is 12.8 Å². The number of ether oxygens (including phenoxy) is 2. The number of aromatic nitrogens is 1. The first-order valence-electron chi connectivity index (χ1n) is 6.66. The number of nitrogens with zero attached hydrogens (tertiary/aromatic N) is 1. The minimum atomic E-state index is -3.38. The molecule has 0 radical (unpaired) electrons. The molecule has 5 nitrogen and oxygen atoms in total. The Bertz CT molecular complexity index is 843. The van der Waals surface area contributed by atoms with E-state index in [-0.39, 0.29) is 5.56 Å². The van der Waals surface area contributed by atoms with Crippen LogP contribution in [0.3, 0.4) is 0 Å². The van der Waals surface area contributed by atoms with E-state index in [2.05, 4.69) is 14.5 Å². The summed E-state index contributed by atoms with van der Waals surface area (Å²) < 4.78 is 74.9. The molecular weight excluding hydrogens is 351 g/mol. The van der Waals surface area contributed by atoms with Crippen molar-refractivity contribution in [1.29, 1.82) is 0 Å². The van der Waals surface area contributed by atoms with Crippen molar-refractivity contribution < 1.29 is 36.2 Å². The number of hydrogen-bond donors (Lipinski definition) is 1. The highest BCUT2D eigenvalue weighted by Crippen LogP contribution is 2.34. The predicted octanol–water partition coefficient (Wildman–Crippen LogP) is 3.44. The zero-order valence-electron chi connectivity index (χ0n) is 12.9. The Hall–Kier alpha value is -2.91. The fourth-order valence-electron chi connectivity index (χ4n) is 2.04. The average Bonchev–Trinajstić information content (AvgIpc) is 2.57. The third-order valence-corrected chi connectivity index (χ3v) is 3.32. The molecule has 0 amide bonds. The van der Waals surface area contributed by atoms with Crippen molar-refractivity contribution in [2.24, 2.45) is 0 Å². The monoisotopic (exact) mass is 362 g/mol. The number of nitrogen functional groups attached to an aromatic ring is 1. The van der Waals surface area contributed by atoms with E-state index in [1.54, 1.807) is 0 Å². The summed E-state index contributed by atoms with van der Waals surface area (Å²) in [5.41, 5.74) is 3.07. The average molecular weight is 362 g/mol. The fourth-order valence-corrected chi connectivity index (χ4v) is 2.04. The largest absolute Gasteiger partial charge is 0.464 e. The van der Waals surface area contributed by atoms with Crippen molar-refractivity contribution in [3.8, 4) is 17.0 Å². The second kappa shape index (κ2) is 6.91. The van der Waals surface area contributed by atoms with E-state index in [4.69, 9.17) is 5.73 Å². The first-order valence-corrected chi connectivity index (χ1v) is 6.66. The summed E-state index contributed by atoms with van der Waals surface area (Å²) in [4.78, 5) is 15.3. The van der Waals surface area contributed by atoms with Crippen molar-refractivity contribution in [2.45, 2.75) is 13.5 Å². The topological polar surface area (TPSA) is 74.4 Å². The third-order valence-electron chi connectivity index (χ3n) is 3.32. The first-order chi connectivity index (χ1) is 11.7. The number of alkyl halides is 2. The number of carbonyl (C=O) groups excluding carboxylic acids is 1. The number of hydrogen-bond acceptors (Lipinski definition) is 5. The van der Waals surface area contributed by atoms with Crippen LogP contribution >= 0.6 is 0 Å². The Morgan fingerprint density at radius 2 is 1.80 bits per heavy atom. The number of anilines is 1. The molecule has 1 heterocycles. The number of pyridine rings is 1. The minimum absolute atomic E-state index is 0.0494. The summed E-state index contributed by atoms with van der Waals surface area (Å²) in [6.45, 7) is -2.09. The molecule has 2 N–H and O–H groups in total. The molecule has 134 valence electrons. The van der Waals surface area contributed by atoms with Crippen LogP contribution < -0.4 is 10.5 Å². The summed E-state index contributed by atoms with van der Waals surface area (Å²) in [5, 5.41) is 0. The minimum Gasteiger partial charge on any atom is -0.464 e. The Kier molecular flexibility index (Phi) is 5.10. The summed E-state index contributed by atoms with van der Waals surface area (Å²) in [6.07, 6.45) is 0. The molecular formula is C15H11F5N2O3. The Morgan fingerprint density at radius 3 is 2.36 bits per heavy atom. The van der Waals surface area contributed by atoms with Gasteiger partial charge in [0.1, 0.15) is 5.69 Å². The summed E-state index contributed by atoms with van der Waals surface area (Å²) in [6, 6.07) is 1.45. The van der Waals surface area contributed by atoms with Crippen molar-refractivity contribution in [1.82, 2.24) is 4.98 Å². The van der Waals surface area contributed by atoms with Crippen molar-refractivity contribution in [2.75, 3.05) is 12.8 Å². The molecule has 10 heteroatoms. The molecule has 0 aliphatic rings. The smallest absolute Gasteiger partial charge is 0.387 e. The summed E-state index contributed by atoms with van der Waals surface area (Å²) in [5.74, 6) is -6.69. The van der Waals surface area contributed by atoms with Gasteiger partial charge < -0.3 is 15.2 Å². The lowest BCUT2D eigenvalue weighted by atomic mass is 10.0. The molecule has 25 heavy (non-hydrogen) atoms. The number of halogens is 5. The summed E-state index contributed by atoms with van der Waals surface area (Å²) in [7, 11) is 1.04. The molecule has 0 saturated carbocycles. The van der Waals surface area contributed by atoms with Crippen molar-refractivity contribution in [3.05, 3.63) is 40.8 Å². The van der Waals surface area contributed by atoms with Gasteiger partial charge in [0, 0.05) is 11.1 Å². The summed E-state index contributed by atoms with van der Waals surface area (Å²) >= 11 is 0. The van der Waals surface area contributed by atoms with Gasteiger partial charge in [-0.05, 0) is 19.1 Å². The van der Waals surface area contributed by atoms with Crippen LogP contribution in [0.15, 0.2) is 12.1 Å². The number of esters is 1. The van der Waals surface area contributed by atoms with Gasteiger partial charge >= 0.3 is 12.6 Å². The highest BCUT2D eigenvalue weighted by Gasteiger charge is 2.25. The van der Waals surface area contributed by atoms with E-state index in [0.717, 1.165) is 13.2 Å². The van der Waals surface area contributed by atoms with E-state index in [1.165, 1.54) is 6.92 Å². The lowest BCUT2D eigenvalue weighted by Gasteiger charge is -2.13. The van der Waals surface area contributed by atoms with Crippen LogP contribution in [0.25, 0.3) is 11.3 Å². The van der Waals surface area contributed by atoms with Crippen molar-refractivity contribution >= 4 is 11.7 Å². The predicted molar refractivity (Wildman–Crippen MR) is 76.7 cm³/mol. The van der Waals surface area contributed by atoms with Gasteiger partial charge in [0.2, 0.25) is 5.82 Å². The molecule has 0 saturated heterocycles. The second-order valence-corrected chi connectivity index (χ2v) is 4.77. The first kappa shape index (κ1) is 18.4. The molecule has 0 fully saturated rings. The van der Waals surface area contributed by atoms with Gasteiger partial charge in [-0.2, -0.15) is 13.2 Å². The Labute approximate surface area is 138 Å².